The third-order valence-electron chi connectivity index (χ3n) is 2.46. The molecule has 0 saturated carbocycles. The standard InChI is InChI=1S/C11H14N2O7S/c1-8(11(14)15)20-7-6-12-21(18,19)10-5-3-2-4-9(10)13(16)17/h2-5,8,12H,6-7H2,1H3,(H,14,15). The van der Waals surface area contributed by atoms with E-state index in [-0.39, 0.29) is 13.2 Å². The second kappa shape index (κ2) is 7.11. The van der Waals surface area contributed by atoms with Crippen LogP contribution < -0.4 is 4.72 Å². The quantitative estimate of drug-likeness (QED) is 0.401. The maximum Gasteiger partial charge on any atom is 0.332 e. The molecule has 0 amide bonds. The Morgan fingerprint density at radius 1 is 1.48 bits per heavy atom. The van der Waals surface area contributed by atoms with E-state index >= 15 is 0 Å². The zero-order valence-electron chi connectivity index (χ0n) is 11.1. The summed E-state index contributed by atoms with van der Waals surface area (Å²) in [6, 6.07) is 4.91. The van der Waals surface area contributed by atoms with Crippen molar-refractivity contribution in [1.29, 1.82) is 0 Å². The predicted octanol–water partition coefficient (Wildman–Crippen LogP) is 0.363. The van der Waals surface area contributed by atoms with E-state index in [0.29, 0.717) is 0 Å². The summed E-state index contributed by atoms with van der Waals surface area (Å²) < 4.78 is 30.9. The van der Waals surface area contributed by atoms with Gasteiger partial charge in [-0.2, -0.15) is 0 Å². The molecule has 0 aromatic heterocycles. The molecule has 1 aromatic rings. The van der Waals surface area contributed by atoms with Gasteiger partial charge >= 0.3 is 5.97 Å². The van der Waals surface area contributed by atoms with Crippen LogP contribution in [0.3, 0.4) is 0 Å². The average Bonchev–Trinajstić information content (AvgIpc) is 2.43. The first-order valence-electron chi connectivity index (χ1n) is 5.83. The molecule has 0 bridgehead atoms. The molecule has 21 heavy (non-hydrogen) atoms. The van der Waals surface area contributed by atoms with Gasteiger partial charge in [-0.1, -0.05) is 12.1 Å². The Bertz CT molecular complexity index is 629. The fourth-order valence-electron chi connectivity index (χ4n) is 1.40. The molecule has 0 spiro atoms. The Kier molecular flexibility index (Phi) is 5.76. The zero-order valence-corrected chi connectivity index (χ0v) is 11.9. The van der Waals surface area contributed by atoms with E-state index in [1.807, 2.05) is 0 Å². The molecule has 0 saturated heterocycles. The van der Waals surface area contributed by atoms with Gasteiger partial charge in [0.25, 0.3) is 5.69 Å². The summed E-state index contributed by atoms with van der Waals surface area (Å²) in [5.41, 5.74) is -0.537. The van der Waals surface area contributed by atoms with Crippen LogP contribution in [-0.4, -0.2) is 43.7 Å². The Balaban J connectivity index is 2.71. The number of hydrogen-bond donors (Lipinski definition) is 2. The van der Waals surface area contributed by atoms with Crippen molar-refractivity contribution < 1.29 is 28.0 Å². The first kappa shape index (κ1) is 17.0. The number of nitrogens with zero attached hydrogens (tertiary/aromatic N) is 1. The number of ether oxygens (including phenoxy) is 1. The Labute approximate surface area is 120 Å². The summed E-state index contributed by atoms with van der Waals surface area (Å²) in [6.07, 6.45) is -1.07. The summed E-state index contributed by atoms with van der Waals surface area (Å²) in [5.74, 6) is -1.17. The van der Waals surface area contributed by atoms with Crippen LogP contribution in [-0.2, 0) is 19.6 Å². The summed E-state index contributed by atoms with van der Waals surface area (Å²) in [6.45, 7) is 0.929. The zero-order chi connectivity index (χ0) is 16.0. The molecule has 1 aromatic carbocycles. The predicted molar refractivity (Wildman–Crippen MR) is 71.3 cm³/mol. The van der Waals surface area contributed by atoms with E-state index in [9.17, 15) is 23.3 Å². The first-order valence-corrected chi connectivity index (χ1v) is 7.31. The largest absolute Gasteiger partial charge is 0.479 e. The molecule has 1 rings (SSSR count). The van der Waals surface area contributed by atoms with Crippen LogP contribution >= 0.6 is 0 Å². The van der Waals surface area contributed by atoms with E-state index in [4.69, 9.17) is 9.84 Å². The molecule has 2 N–H and O–H groups in total. The van der Waals surface area contributed by atoms with Crippen molar-refractivity contribution in [3.8, 4) is 0 Å². The van der Waals surface area contributed by atoms with Crippen LogP contribution in [0.2, 0.25) is 0 Å². The highest BCUT2D eigenvalue weighted by Crippen LogP contribution is 2.22. The number of rotatable bonds is 8. The topological polar surface area (TPSA) is 136 Å². The average molecular weight is 318 g/mol. The molecule has 0 heterocycles. The highest BCUT2D eigenvalue weighted by molar-refractivity contribution is 7.89. The van der Waals surface area contributed by atoms with Gasteiger partial charge in [0.05, 0.1) is 11.5 Å². The lowest BCUT2D eigenvalue weighted by Crippen LogP contribution is -2.30. The smallest absolute Gasteiger partial charge is 0.332 e. The van der Waals surface area contributed by atoms with Gasteiger partial charge in [-0.3, -0.25) is 10.1 Å². The summed E-state index contributed by atoms with van der Waals surface area (Å²) in [5, 5.41) is 19.4. The van der Waals surface area contributed by atoms with Crippen LogP contribution in [0.5, 0.6) is 0 Å². The van der Waals surface area contributed by atoms with Crippen molar-refractivity contribution in [2.45, 2.75) is 17.9 Å². The van der Waals surface area contributed by atoms with E-state index in [1.165, 1.54) is 19.1 Å². The van der Waals surface area contributed by atoms with Crippen LogP contribution in [0.1, 0.15) is 6.92 Å². The highest BCUT2D eigenvalue weighted by atomic mass is 32.2. The van der Waals surface area contributed by atoms with Gasteiger partial charge in [0.15, 0.2) is 11.0 Å². The highest BCUT2D eigenvalue weighted by Gasteiger charge is 2.24. The normalized spacial score (nSPS) is 12.8. The molecule has 0 aliphatic carbocycles. The number of carboxylic acids is 1. The molecule has 0 aliphatic rings. The maximum absolute atomic E-state index is 11.9. The van der Waals surface area contributed by atoms with Gasteiger partial charge in [0.1, 0.15) is 0 Å². The number of benzene rings is 1. The summed E-state index contributed by atoms with van der Waals surface area (Å²) in [4.78, 5) is 20.0. The molecular weight excluding hydrogens is 304 g/mol. The van der Waals surface area contributed by atoms with Crippen molar-refractivity contribution in [2.75, 3.05) is 13.2 Å². The van der Waals surface area contributed by atoms with E-state index in [0.717, 1.165) is 12.1 Å². The van der Waals surface area contributed by atoms with Crippen molar-refractivity contribution in [3.05, 3.63) is 34.4 Å². The van der Waals surface area contributed by atoms with Crippen LogP contribution in [0, 0.1) is 10.1 Å². The van der Waals surface area contributed by atoms with Crippen molar-refractivity contribution in [3.63, 3.8) is 0 Å². The van der Waals surface area contributed by atoms with Gasteiger partial charge in [-0.15, -0.1) is 0 Å². The van der Waals surface area contributed by atoms with Crippen LogP contribution in [0.15, 0.2) is 29.2 Å². The number of carbonyl (C=O) groups is 1. The molecule has 0 fully saturated rings. The van der Waals surface area contributed by atoms with E-state index in [1.54, 1.807) is 0 Å². The summed E-state index contributed by atoms with van der Waals surface area (Å²) >= 11 is 0. The number of nitro benzene ring substituents is 1. The number of hydrogen-bond acceptors (Lipinski definition) is 6. The molecular formula is C11H14N2O7S. The number of aliphatic carboxylic acids is 1. The Hall–Kier alpha value is -2.04. The van der Waals surface area contributed by atoms with E-state index < -0.39 is 37.6 Å². The van der Waals surface area contributed by atoms with Crippen molar-refractivity contribution >= 4 is 21.7 Å². The molecule has 0 aliphatic heterocycles. The summed E-state index contributed by atoms with van der Waals surface area (Å²) in [7, 11) is -4.07. The van der Waals surface area contributed by atoms with Gasteiger partial charge in [0, 0.05) is 12.6 Å². The molecule has 1 unspecified atom stereocenters. The number of para-hydroxylation sites is 1. The first-order chi connectivity index (χ1) is 9.75. The lowest BCUT2D eigenvalue weighted by molar-refractivity contribution is -0.387. The SMILES string of the molecule is CC(OCCNS(=O)(=O)c1ccccc1[N+](=O)[O-])C(=O)O. The monoisotopic (exact) mass is 318 g/mol. The fraction of sp³-hybridized carbons (Fsp3) is 0.364. The minimum absolute atomic E-state index is 0.173. The van der Waals surface area contributed by atoms with Gasteiger partial charge in [-0.05, 0) is 13.0 Å². The van der Waals surface area contributed by atoms with Crippen LogP contribution in [0.25, 0.3) is 0 Å². The molecule has 116 valence electrons. The number of nitro groups is 1. The minimum atomic E-state index is -4.07. The third kappa shape index (κ3) is 4.77. The number of sulfonamides is 1. The maximum atomic E-state index is 11.9. The van der Waals surface area contributed by atoms with Crippen molar-refractivity contribution in [1.82, 2.24) is 4.72 Å². The number of carboxylic acid groups (broad SMARTS) is 1. The lowest BCUT2D eigenvalue weighted by atomic mass is 10.3. The third-order valence-corrected chi connectivity index (χ3v) is 3.97. The van der Waals surface area contributed by atoms with Gasteiger partial charge in [0.2, 0.25) is 10.0 Å². The fourth-order valence-corrected chi connectivity index (χ4v) is 2.58. The molecule has 0 radical (unpaired) electrons. The Morgan fingerprint density at radius 3 is 2.67 bits per heavy atom. The number of nitrogens with one attached hydrogen (secondary N) is 1. The minimum Gasteiger partial charge on any atom is -0.479 e. The van der Waals surface area contributed by atoms with Gasteiger partial charge < -0.3 is 9.84 Å². The van der Waals surface area contributed by atoms with Crippen molar-refractivity contribution in [2.24, 2.45) is 0 Å². The molecule has 10 heteroatoms. The lowest BCUT2D eigenvalue weighted by Gasteiger charge is -2.10. The second-order valence-corrected chi connectivity index (χ2v) is 5.71. The Morgan fingerprint density at radius 2 is 2.10 bits per heavy atom. The molecule has 1 atom stereocenters. The second-order valence-electron chi connectivity index (χ2n) is 3.97. The van der Waals surface area contributed by atoms with Crippen LogP contribution in [0.4, 0.5) is 5.69 Å². The molecule has 9 nitrogen and oxygen atoms in total. The van der Waals surface area contributed by atoms with E-state index in [2.05, 4.69) is 4.72 Å². The van der Waals surface area contributed by atoms with Gasteiger partial charge in [-0.25, -0.2) is 17.9 Å².